The van der Waals surface area contributed by atoms with Crippen molar-refractivity contribution in [2.75, 3.05) is 40.0 Å². The lowest BCUT2D eigenvalue weighted by atomic mass is 9.89. The van der Waals surface area contributed by atoms with E-state index >= 15 is 0 Å². The van der Waals surface area contributed by atoms with E-state index < -0.39 is 0 Å². The van der Waals surface area contributed by atoms with Crippen LogP contribution in [-0.4, -0.2) is 62.5 Å². The van der Waals surface area contributed by atoms with E-state index in [0.717, 1.165) is 13.1 Å². The Morgan fingerprint density at radius 1 is 1.44 bits per heavy atom. The van der Waals surface area contributed by atoms with Crippen molar-refractivity contribution < 1.29 is 19.0 Å². The van der Waals surface area contributed by atoms with Crippen LogP contribution >= 0.6 is 0 Å². The van der Waals surface area contributed by atoms with Crippen molar-refractivity contribution in [3.8, 4) is 0 Å². The largest absolute Gasteiger partial charge is 0.466 e. The Kier molecular flexibility index (Phi) is 6.05. The molecule has 1 aliphatic rings. The Morgan fingerprint density at radius 3 is 2.56 bits per heavy atom. The molecule has 0 spiro atoms. The van der Waals surface area contributed by atoms with Crippen molar-refractivity contribution in [3.05, 3.63) is 0 Å². The molecule has 1 aliphatic heterocycles. The molecular formula is C13H25NO4. The summed E-state index contributed by atoms with van der Waals surface area (Å²) in [7, 11) is 1.68. The maximum atomic E-state index is 11.8. The van der Waals surface area contributed by atoms with Gasteiger partial charge in [0.15, 0.2) is 0 Å². The summed E-state index contributed by atoms with van der Waals surface area (Å²) in [5.41, 5.74) is -0.342. The fourth-order valence-electron chi connectivity index (χ4n) is 2.34. The van der Waals surface area contributed by atoms with E-state index in [0.29, 0.717) is 26.2 Å². The molecule has 1 rings (SSSR count). The molecule has 106 valence electrons. The highest BCUT2D eigenvalue weighted by atomic mass is 16.5. The third kappa shape index (κ3) is 3.67. The van der Waals surface area contributed by atoms with Gasteiger partial charge in [-0.25, -0.2) is 0 Å². The molecule has 0 saturated carbocycles. The van der Waals surface area contributed by atoms with Crippen molar-refractivity contribution in [2.45, 2.75) is 38.8 Å². The van der Waals surface area contributed by atoms with Crippen molar-refractivity contribution >= 4 is 5.97 Å². The second-order valence-corrected chi connectivity index (χ2v) is 4.82. The lowest BCUT2D eigenvalue weighted by molar-refractivity contribution is -0.152. The van der Waals surface area contributed by atoms with Crippen LogP contribution in [0.5, 0.6) is 0 Å². The van der Waals surface area contributed by atoms with E-state index in [1.54, 1.807) is 7.11 Å². The molecule has 0 radical (unpaired) electrons. The number of ether oxygens (including phenoxy) is 3. The minimum atomic E-state index is -0.342. The van der Waals surface area contributed by atoms with Gasteiger partial charge in [0.25, 0.3) is 0 Å². The maximum Gasteiger partial charge on any atom is 0.307 e. The molecule has 1 fully saturated rings. The summed E-state index contributed by atoms with van der Waals surface area (Å²) in [6.45, 7) is 9.35. The van der Waals surface area contributed by atoms with Crippen LogP contribution in [0.3, 0.4) is 0 Å². The van der Waals surface area contributed by atoms with Gasteiger partial charge in [-0.2, -0.15) is 0 Å². The van der Waals surface area contributed by atoms with Gasteiger partial charge in [-0.05, 0) is 20.8 Å². The third-order valence-corrected chi connectivity index (χ3v) is 3.77. The van der Waals surface area contributed by atoms with Gasteiger partial charge in [-0.15, -0.1) is 0 Å². The molecule has 2 unspecified atom stereocenters. The molecule has 5 nitrogen and oxygen atoms in total. The van der Waals surface area contributed by atoms with Crippen LogP contribution in [0.4, 0.5) is 0 Å². The number of rotatable bonds is 6. The Morgan fingerprint density at radius 2 is 2.06 bits per heavy atom. The molecule has 0 amide bonds. The van der Waals surface area contributed by atoms with Gasteiger partial charge < -0.3 is 14.2 Å². The summed E-state index contributed by atoms with van der Waals surface area (Å²) in [6.07, 6.45) is 0.301. The van der Waals surface area contributed by atoms with Crippen LogP contribution in [0.1, 0.15) is 27.2 Å². The van der Waals surface area contributed by atoms with Gasteiger partial charge in [0.2, 0.25) is 0 Å². The highest BCUT2D eigenvalue weighted by Crippen LogP contribution is 2.27. The predicted molar refractivity (Wildman–Crippen MR) is 68.5 cm³/mol. The molecule has 0 aliphatic carbocycles. The first-order valence-electron chi connectivity index (χ1n) is 6.55. The van der Waals surface area contributed by atoms with Crippen LogP contribution in [0.15, 0.2) is 0 Å². The van der Waals surface area contributed by atoms with Crippen molar-refractivity contribution in [1.29, 1.82) is 0 Å². The van der Waals surface area contributed by atoms with E-state index in [9.17, 15) is 4.79 Å². The molecule has 18 heavy (non-hydrogen) atoms. The fourth-order valence-corrected chi connectivity index (χ4v) is 2.34. The monoisotopic (exact) mass is 259 g/mol. The Hall–Kier alpha value is -0.650. The van der Waals surface area contributed by atoms with Crippen molar-refractivity contribution in [1.82, 2.24) is 4.90 Å². The van der Waals surface area contributed by atoms with Crippen LogP contribution in [0, 0.1) is 0 Å². The summed E-state index contributed by atoms with van der Waals surface area (Å²) in [4.78, 5) is 14.1. The molecule has 5 heteroatoms. The minimum Gasteiger partial charge on any atom is -0.466 e. The van der Waals surface area contributed by atoms with Crippen LogP contribution in [0.25, 0.3) is 0 Å². The van der Waals surface area contributed by atoms with Crippen molar-refractivity contribution in [3.63, 3.8) is 0 Å². The second-order valence-electron chi connectivity index (χ2n) is 4.82. The molecule has 1 heterocycles. The lowest BCUT2D eigenvalue weighted by Crippen LogP contribution is -2.58. The zero-order valence-electron chi connectivity index (χ0n) is 11.9. The second kappa shape index (κ2) is 7.07. The van der Waals surface area contributed by atoms with Gasteiger partial charge in [0, 0.05) is 20.2 Å². The number of hydrogen-bond donors (Lipinski definition) is 0. The zero-order chi connectivity index (χ0) is 13.6. The van der Waals surface area contributed by atoms with Gasteiger partial charge in [-0.3, -0.25) is 9.69 Å². The smallest absolute Gasteiger partial charge is 0.307 e. The Bertz CT molecular complexity index is 266. The summed E-state index contributed by atoms with van der Waals surface area (Å²) >= 11 is 0. The van der Waals surface area contributed by atoms with E-state index in [-0.39, 0.29) is 17.6 Å². The molecular weight excluding hydrogens is 234 g/mol. The average molecular weight is 259 g/mol. The first-order chi connectivity index (χ1) is 8.54. The van der Waals surface area contributed by atoms with Crippen LogP contribution < -0.4 is 0 Å². The van der Waals surface area contributed by atoms with Gasteiger partial charge in [0.1, 0.15) is 0 Å². The maximum absolute atomic E-state index is 11.8. The van der Waals surface area contributed by atoms with E-state index in [1.165, 1.54) is 0 Å². The number of nitrogens with zero attached hydrogens (tertiary/aromatic N) is 1. The highest BCUT2D eigenvalue weighted by Gasteiger charge is 2.40. The zero-order valence-corrected chi connectivity index (χ0v) is 11.9. The van der Waals surface area contributed by atoms with Gasteiger partial charge in [-0.1, -0.05) is 0 Å². The predicted octanol–water partition coefficient (Wildman–Crippen LogP) is 1.07. The van der Waals surface area contributed by atoms with E-state index in [2.05, 4.69) is 11.8 Å². The van der Waals surface area contributed by atoms with Crippen LogP contribution in [0.2, 0.25) is 0 Å². The van der Waals surface area contributed by atoms with E-state index in [1.807, 2.05) is 13.8 Å². The fraction of sp³-hybridized carbons (Fsp3) is 0.923. The van der Waals surface area contributed by atoms with E-state index in [4.69, 9.17) is 14.2 Å². The first kappa shape index (κ1) is 15.4. The lowest BCUT2D eigenvalue weighted by Gasteiger charge is -2.45. The standard InChI is InChI=1S/C13H25NO4/c1-5-18-12(15)10-13(3,11(2)16-4)14-6-8-17-9-7-14/h11H,5-10H2,1-4H3. The third-order valence-electron chi connectivity index (χ3n) is 3.77. The molecule has 2 atom stereocenters. The summed E-state index contributed by atoms with van der Waals surface area (Å²) < 4.78 is 15.9. The average Bonchev–Trinajstić information content (AvgIpc) is 2.38. The summed E-state index contributed by atoms with van der Waals surface area (Å²) in [5.74, 6) is -0.171. The molecule has 0 N–H and O–H groups in total. The first-order valence-corrected chi connectivity index (χ1v) is 6.55. The molecule has 1 saturated heterocycles. The summed E-state index contributed by atoms with van der Waals surface area (Å²) in [5, 5.41) is 0. The molecule has 0 aromatic rings. The Labute approximate surface area is 109 Å². The number of esters is 1. The molecule has 0 bridgehead atoms. The number of carbonyl (C=O) groups is 1. The summed E-state index contributed by atoms with van der Waals surface area (Å²) in [6, 6.07) is 0. The van der Waals surface area contributed by atoms with Gasteiger partial charge >= 0.3 is 5.97 Å². The topological polar surface area (TPSA) is 48.0 Å². The van der Waals surface area contributed by atoms with Gasteiger partial charge in [0.05, 0.1) is 37.9 Å². The molecule has 0 aromatic heterocycles. The molecule has 0 aromatic carbocycles. The number of methoxy groups -OCH3 is 1. The number of hydrogen-bond acceptors (Lipinski definition) is 5. The van der Waals surface area contributed by atoms with Crippen molar-refractivity contribution in [2.24, 2.45) is 0 Å². The van der Waals surface area contributed by atoms with Crippen LogP contribution in [-0.2, 0) is 19.0 Å². The number of carbonyl (C=O) groups excluding carboxylic acids is 1. The minimum absolute atomic E-state index is 0.0417. The SMILES string of the molecule is CCOC(=O)CC(C)(C(C)OC)N1CCOCC1. The normalized spacial score (nSPS) is 22.2. The number of morpholine rings is 1. The highest BCUT2D eigenvalue weighted by molar-refractivity contribution is 5.71. The quantitative estimate of drug-likeness (QED) is 0.668. The Balaban J connectivity index is 2.76.